The highest BCUT2D eigenvalue weighted by molar-refractivity contribution is 6.03. The minimum atomic E-state index is -0.642. The van der Waals surface area contributed by atoms with Crippen LogP contribution in [0.2, 0.25) is 0 Å². The third kappa shape index (κ3) is 3.62. The zero-order valence-electron chi connectivity index (χ0n) is 26.5. The summed E-state index contributed by atoms with van der Waals surface area (Å²) >= 11 is 0. The van der Waals surface area contributed by atoms with E-state index in [1.165, 1.54) is 0 Å². The first-order valence-corrected chi connectivity index (χ1v) is 15.9. The molecule has 0 radical (unpaired) electrons. The fraction of sp³-hybridized carbons (Fsp3) is 0.771. The van der Waals surface area contributed by atoms with Gasteiger partial charge in [0.2, 0.25) is 5.70 Å². The molecule has 7 atom stereocenters. The number of amides is 2. The van der Waals surface area contributed by atoms with Crippen molar-refractivity contribution in [1.82, 2.24) is 9.80 Å². The Morgan fingerprint density at radius 3 is 2.27 bits per heavy atom. The molecule has 41 heavy (non-hydrogen) atoms. The second kappa shape index (κ2) is 8.57. The minimum absolute atomic E-state index is 0.0323. The van der Waals surface area contributed by atoms with E-state index in [2.05, 4.69) is 44.4 Å². The second-order valence-electron chi connectivity index (χ2n) is 16.7. The van der Waals surface area contributed by atoms with E-state index >= 15 is 0 Å². The fourth-order valence-corrected chi connectivity index (χ4v) is 11.2. The lowest BCUT2D eigenvalue weighted by atomic mass is 9.34. The maximum atomic E-state index is 14.7. The summed E-state index contributed by atoms with van der Waals surface area (Å²) in [5.41, 5.74) is -0.0377. The third-order valence-corrected chi connectivity index (χ3v) is 13.8. The van der Waals surface area contributed by atoms with E-state index < -0.39 is 10.8 Å². The fourth-order valence-electron chi connectivity index (χ4n) is 11.2. The van der Waals surface area contributed by atoms with Crippen LogP contribution in [0.1, 0.15) is 93.4 Å². The molecule has 1 saturated heterocycles. The highest BCUT2D eigenvalue weighted by Gasteiger charge is 2.69. The smallest absolute Gasteiger partial charge is 0.319 e. The van der Waals surface area contributed by atoms with Gasteiger partial charge in [0.15, 0.2) is 11.6 Å². The lowest BCUT2D eigenvalue weighted by Crippen LogP contribution is -2.65. The molecule has 1 aliphatic heterocycles. The van der Waals surface area contributed by atoms with Crippen molar-refractivity contribution in [2.24, 2.45) is 50.2 Å². The Hall–Kier alpha value is -2.42. The van der Waals surface area contributed by atoms with Crippen LogP contribution in [0.15, 0.2) is 23.4 Å². The van der Waals surface area contributed by atoms with E-state index in [9.17, 15) is 14.4 Å². The Kier molecular flexibility index (Phi) is 6.00. The average Bonchev–Trinajstić information content (AvgIpc) is 3.20. The molecule has 0 bridgehead atoms. The van der Waals surface area contributed by atoms with Crippen molar-refractivity contribution in [3.63, 3.8) is 0 Å². The lowest BCUT2D eigenvalue weighted by Gasteiger charge is -2.69. The number of carbonyl (C=O) groups is 3. The van der Waals surface area contributed by atoms with Crippen molar-refractivity contribution in [3.8, 4) is 0 Å². The summed E-state index contributed by atoms with van der Waals surface area (Å²) in [6.07, 6.45) is 11.0. The van der Waals surface area contributed by atoms with E-state index in [0.717, 1.165) is 70.2 Å². The van der Waals surface area contributed by atoms with Crippen molar-refractivity contribution in [2.45, 2.75) is 93.4 Å². The van der Waals surface area contributed by atoms with E-state index in [0.29, 0.717) is 0 Å². The summed E-state index contributed by atoms with van der Waals surface area (Å²) in [5.74, 6) is 0.401. The van der Waals surface area contributed by atoms with Crippen LogP contribution in [0.3, 0.4) is 0 Å². The minimum Gasteiger partial charge on any atom is -0.326 e. The number of Topliss-reactive ketones (excluding diaryl/α,β-unsaturated/α-hetero) is 1. The third-order valence-electron chi connectivity index (χ3n) is 13.8. The Bertz CT molecular complexity index is 1330. The number of nitrogens with zero attached hydrogens (tertiary/aromatic N) is 3. The number of hydrogen-bond acceptors (Lipinski definition) is 3. The molecule has 0 spiro atoms. The monoisotopic (exact) mass is 559 g/mol. The number of urea groups is 1. The van der Waals surface area contributed by atoms with Gasteiger partial charge in [-0.1, -0.05) is 60.1 Å². The number of rotatable bonds is 2. The normalized spacial score (nSPS) is 44.7. The summed E-state index contributed by atoms with van der Waals surface area (Å²) in [5, 5.41) is 0. The van der Waals surface area contributed by atoms with Crippen molar-refractivity contribution >= 4 is 17.6 Å². The van der Waals surface area contributed by atoms with Gasteiger partial charge in [0.05, 0.1) is 6.57 Å². The maximum absolute atomic E-state index is 14.7. The lowest BCUT2D eigenvalue weighted by molar-refractivity contribution is -0.173. The largest absolute Gasteiger partial charge is 0.326 e. The van der Waals surface area contributed by atoms with Gasteiger partial charge in [-0.3, -0.25) is 4.79 Å². The molecule has 5 aliphatic carbocycles. The Morgan fingerprint density at radius 1 is 0.951 bits per heavy atom. The molecule has 6 aliphatic rings. The summed E-state index contributed by atoms with van der Waals surface area (Å²) in [6.45, 7) is 25.8. The van der Waals surface area contributed by atoms with Crippen LogP contribution in [0.25, 0.3) is 4.85 Å². The molecule has 2 amide bonds. The van der Waals surface area contributed by atoms with Crippen LogP contribution >= 0.6 is 0 Å². The van der Waals surface area contributed by atoms with Crippen molar-refractivity contribution in [3.05, 3.63) is 34.8 Å². The van der Waals surface area contributed by atoms with E-state index in [-0.39, 0.29) is 62.7 Å². The summed E-state index contributed by atoms with van der Waals surface area (Å²) < 4.78 is 0. The average molecular weight is 560 g/mol. The van der Waals surface area contributed by atoms with Gasteiger partial charge in [-0.15, -0.1) is 0 Å². The van der Waals surface area contributed by atoms with Gasteiger partial charge in [-0.25, -0.2) is 9.64 Å². The zero-order chi connectivity index (χ0) is 30.0. The van der Waals surface area contributed by atoms with Crippen molar-refractivity contribution in [2.75, 3.05) is 26.7 Å². The standard InChI is InChI=1S/C35H49N3O3/c1-30(2)12-14-35(21-38-17-16-37(9)29(38)41)15-13-34(7)27(22(35)19-30)24(39)18-26-32(5)20-23(36-8)28(40)31(3,4)25(32)10-11-33(26,34)6/h18,20,22,25,27H,10-17,19,21H2,1-7,9H3/t22-,25-,27-,32-,33+,34+,35+/m0/s1. The number of ketones is 2. The number of hydrogen-bond donors (Lipinski definition) is 0. The van der Waals surface area contributed by atoms with Gasteiger partial charge < -0.3 is 14.6 Å². The molecule has 1 heterocycles. The number of allylic oxidation sites excluding steroid dienone is 4. The maximum Gasteiger partial charge on any atom is 0.319 e. The first-order valence-electron chi connectivity index (χ1n) is 15.9. The summed E-state index contributed by atoms with van der Waals surface area (Å²) in [6, 6.07) is 0.128. The Morgan fingerprint density at radius 2 is 1.63 bits per heavy atom. The van der Waals surface area contributed by atoms with Crippen LogP contribution in [-0.4, -0.2) is 54.1 Å². The van der Waals surface area contributed by atoms with Gasteiger partial charge in [-0.05, 0) is 84.5 Å². The SMILES string of the molecule is [C-]#[N+]C1=C[C@]2(C)C3=CC(=O)[C@@H]4[C@@H]5CC(C)(C)CC[C@]5(CN5CCN(C)C5=O)CC[C@@]4(C)[C@]3(C)CC[C@H]2C(C)(C)C1=O. The molecule has 4 fully saturated rings. The zero-order valence-corrected chi connectivity index (χ0v) is 26.5. The first-order chi connectivity index (χ1) is 19.0. The van der Waals surface area contributed by atoms with Gasteiger partial charge >= 0.3 is 6.03 Å². The predicted octanol–water partition coefficient (Wildman–Crippen LogP) is 6.93. The van der Waals surface area contributed by atoms with Crippen LogP contribution in [0.4, 0.5) is 4.79 Å². The molecule has 3 saturated carbocycles. The molecular weight excluding hydrogens is 510 g/mol. The topological polar surface area (TPSA) is 62.1 Å². The van der Waals surface area contributed by atoms with Crippen LogP contribution in [0.5, 0.6) is 0 Å². The van der Waals surface area contributed by atoms with Crippen molar-refractivity contribution in [1.29, 1.82) is 0 Å². The van der Waals surface area contributed by atoms with Gasteiger partial charge in [0.1, 0.15) is 0 Å². The molecule has 0 N–H and O–H groups in total. The number of carbonyl (C=O) groups excluding carboxylic acids is 3. The molecular formula is C35H49N3O3. The summed E-state index contributed by atoms with van der Waals surface area (Å²) in [7, 11) is 1.89. The number of fused-ring (bicyclic) bond motifs is 7. The molecule has 6 heteroatoms. The van der Waals surface area contributed by atoms with Crippen LogP contribution in [0, 0.1) is 56.8 Å². The number of likely N-dealkylation sites (N-methyl/N-ethyl adjacent to an activating group) is 1. The van der Waals surface area contributed by atoms with Crippen molar-refractivity contribution < 1.29 is 14.4 Å². The highest BCUT2D eigenvalue weighted by atomic mass is 16.2. The molecule has 222 valence electrons. The molecule has 6 nitrogen and oxygen atoms in total. The highest BCUT2D eigenvalue weighted by Crippen LogP contribution is 2.74. The molecule has 0 aromatic heterocycles. The van der Waals surface area contributed by atoms with E-state index in [1.54, 1.807) is 0 Å². The molecule has 0 aromatic carbocycles. The van der Waals surface area contributed by atoms with E-state index in [4.69, 9.17) is 6.57 Å². The van der Waals surface area contributed by atoms with Gasteiger partial charge in [0, 0.05) is 43.4 Å². The molecule has 0 unspecified atom stereocenters. The van der Waals surface area contributed by atoms with Gasteiger partial charge in [0.25, 0.3) is 0 Å². The molecule has 0 aromatic rings. The summed E-state index contributed by atoms with van der Waals surface area (Å²) in [4.78, 5) is 48.6. The van der Waals surface area contributed by atoms with Crippen LogP contribution in [-0.2, 0) is 9.59 Å². The molecule has 6 rings (SSSR count). The Balaban J connectivity index is 1.47. The van der Waals surface area contributed by atoms with Crippen LogP contribution < -0.4 is 0 Å². The van der Waals surface area contributed by atoms with E-state index in [1.807, 2.05) is 37.9 Å². The predicted molar refractivity (Wildman–Crippen MR) is 159 cm³/mol. The Labute approximate surface area is 246 Å². The second-order valence-corrected chi connectivity index (χ2v) is 16.7. The van der Waals surface area contributed by atoms with Gasteiger partial charge in [-0.2, -0.15) is 0 Å². The first kappa shape index (κ1) is 28.7. The quantitative estimate of drug-likeness (QED) is 0.345.